The Bertz CT molecular complexity index is 284. The second-order valence-corrected chi connectivity index (χ2v) is 6.33. The van der Waals surface area contributed by atoms with Crippen LogP contribution in [0.25, 0.3) is 0 Å². The summed E-state index contributed by atoms with van der Waals surface area (Å²) in [4.78, 5) is 0. The van der Waals surface area contributed by atoms with Crippen molar-refractivity contribution in [2.75, 3.05) is 39.1 Å². The normalized spacial score (nSPS) is 20.1. The van der Waals surface area contributed by atoms with Gasteiger partial charge in [-0.25, -0.2) is 12.7 Å². The van der Waals surface area contributed by atoms with Crippen molar-refractivity contribution in [3.63, 3.8) is 0 Å². The maximum atomic E-state index is 11.9. The minimum atomic E-state index is -3.07. The Morgan fingerprint density at radius 1 is 1.38 bits per heavy atom. The molecular weight excluding hydrogens is 228 g/mol. The summed E-state index contributed by atoms with van der Waals surface area (Å²) in [5.74, 6) is 0.680. The average molecular weight is 250 g/mol. The van der Waals surface area contributed by atoms with E-state index < -0.39 is 10.0 Å². The first-order valence-electron chi connectivity index (χ1n) is 5.77. The summed E-state index contributed by atoms with van der Waals surface area (Å²) in [5.41, 5.74) is 5.57. The monoisotopic (exact) mass is 250 g/mol. The average Bonchev–Trinajstić information content (AvgIpc) is 2.29. The highest BCUT2D eigenvalue weighted by Gasteiger charge is 2.26. The number of nitrogens with zero attached hydrogens (tertiary/aromatic N) is 1. The zero-order valence-electron chi connectivity index (χ0n) is 9.89. The summed E-state index contributed by atoms with van der Waals surface area (Å²) in [5, 5.41) is 0. The van der Waals surface area contributed by atoms with Gasteiger partial charge in [0.25, 0.3) is 0 Å². The lowest BCUT2D eigenvalue weighted by Crippen LogP contribution is -2.41. The fourth-order valence-corrected chi connectivity index (χ4v) is 3.45. The molecule has 1 fully saturated rings. The second kappa shape index (κ2) is 6.54. The van der Waals surface area contributed by atoms with Crippen molar-refractivity contribution in [1.82, 2.24) is 4.31 Å². The van der Waals surface area contributed by atoms with Gasteiger partial charge in [0, 0.05) is 26.8 Å². The lowest BCUT2D eigenvalue weighted by molar-refractivity contribution is 0.198. The molecule has 1 aliphatic rings. The lowest BCUT2D eigenvalue weighted by Gasteiger charge is -2.30. The fraction of sp³-hybridized carbons (Fsp3) is 1.00. The summed E-state index contributed by atoms with van der Waals surface area (Å²) < 4.78 is 30.2. The molecule has 0 aromatic carbocycles. The minimum Gasteiger partial charge on any atom is -0.385 e. The molecule has 1 aliphatic heterocycles. The maximum absolute atomic E-state index is 11.9. The predicted octanol–water partition coefficient (Wildman–Crippen LogP) is 0.0234. The highest BCUT2D eigenvalue weighted by molar-refractivity contribution is 7.89. The van der Waals surface area contributed by atoms with E-state index in [0.717, 1.165) is 12.8 Å². The Morgan fingerprint density at radius 2 is 2.00 bits per heavy atom. The van der Waals surface area contributed by atoms with E-state index in [1.807, 2.05) is 0 Å². The van der Waals surface area contributed by atoms with E-state index in [-0.39, 0.29) is 5.75 Å². The van der Waals surface area contributed by atoms with Crippen LogP contribution >= 0.6 is 0 Å². The van der Waals surface area contributed by atoms with Crippen LogP contribution < -0.4 is 5.73 Å². The SMILES string of the molecule is COCCCS(=O)(=O)N1CCC(CN)CC1. The van der Waals surface area contributed by atoms with Gasteiger partial charge in [0.2, 0.25) is 10.0 Å². The molecule has 0 aromatic heterocycles. The van der Waals surface area contributed by atoms with Crippen LogP contribution in [-0.2, 0) is 14.8 Å². The summed E-state index contributed by atoms with van der Waals surface area (Å²) >= 11 is 0. The van der Waals surface area contributed by atoms with Gasteiger partial charge >= 0.3 is 0 Å². The Balaban J connectivity index is 2.39. The molecule has 16 heavy (non-hydrogen) atoms. The Hall–Kier alpha value is -0.170. The summed E-state index contributed by atoms with van der Waals surface area (Å²) in [7, 11) is -1.49. The third-order valence-electron chi connectivity index (χ3n) is 3.05. The summed E-state index contributed by atoms with van der Waals surface area (Å²) in [6.07, 6.45) is 2.34. The zero-order chi connectivity index (χ0) is 12.0. The topological polar surface area (TPSA) is 72.6 Å². The number of methoxy groups -OCH3 is 1. The van der Waals surface area contributed by atoms with E-state index in [9.17, 15) is 8.42 Å². The first kappa shape index (κ1) is 13.9. The van der Waals surface area contributed by atoms with Crippen LogP contribution in [0, 0.1) is 5.92 Å². The van der Waals surface area contributed by atoms with Crippen molar-refractivity contribution in [3.05, 3.63) is 0 Å². The number of nitrogens with two attached hydrogens (primary N) is 1. The van der Waals surface area contributed by atoms with Crippen LogP contribution in [0.1, 0.15) is 19.3 Å². The van der Waals surface area contributed by atoms with E-state index in [0.29, 0.717) is 38.6 Å². The largest absolute Gasteiger partial charge is 0.385 e. The van der Waals surface area contributed by atoms with Crippen molar-refractivity contribution in [3.8, 4) is 0 Å². The van der Waals surface area contributed by atoms with Crippen LogP contribution in [-0.4, -0.2) is 51.8 Å². The number of hydrogen-bond donors (Lipinski definition) is 1. The van der Waals surface area contributed by atoms with Crippen molar-refractivity contribution >= 4 is 10.0 Å². The second-order valence-electron chi connectivity index (χ2n) is 4.24. The predicted molar refractivity (Wildman–Crippen MR) is 63.6 cm³/mol. The zero-order valence-corrected chi connectivity index (χ0v) is 10.7. The van der Waals surface area contributed by atoms with Gasteiger partial charge in [-0.1, -0.05) is 0 Å². The van der Waals surface area contributed by atoms with Crippen LogP contribution in [0.15, 0.2) is 0 Å². The first-order chi connectivity index (χ1) is 7.60. The van der Waals surface area contributed by atoms with Crippen molar-refractivity contribution < 1.29 is 13.2 Å². The number of hydrogen-bond acceptors (Lipinski definition) is 4. The highest BCUT2D eigenvalue weighted by atomic mass is 32.2. The summed E-state index contributed by atoms with van der Waals surface area (Å²) in [6.45, 7) is 2.41. The number of piperidine rings is 1. The van der Waals surface area contributed by atoms with Crippen molar-refractivity contribution in [2.24, 2.45) is 11.7 Å². The van der Waals surface area contributed by atoms with Crippen LogP contribution in [0.5, 0.6) is 0 Å². The first-order valence-corrected chi connectivity index (χ1v) is 7.38. The molecule has 0 aliphatic carbocycles. The van der Waals surface area contributed by atoms with Gasteiger partial charge in [0.15, 0.2) is 0 Å². The molecule has 1 heterocycles. The number of sulfonamides is 1. The number of ether oxygens (including phenoxy) is 1. The van der Waals surface area contributed by atoms with E-state index in [2.05, 4.69) is 0 Å². The third kappa shape index (κ3) is 4.01. The van der Waals surface area contributed by atoms with E-state index in [1.165, 1.54) is 0 Å². The molecule has 1 rings (SSSR count). The molecule has 6 heteroatoms. The Kier molecular flexibility index (Phi) is 5.68. The Morgan fingerprint density at radius 3 is 2.50 bits per heavy atom. The molecule has 0 spiro atoms. The van der Waals surface area contributed by atoms with Gasteiger partial charge in [-0.15, -0.1) is 0 Å². The van der Waals surface area contributed by atoms with Crippen LogP contribution in [0.2, 0.25) is 0 Å². The van der Waals surface area contributed by atoms with E-state index in [1.54, 1.807) is 11.4 Å². The maximum Gasteiger partial charge on any atom is 0.214 e. The van der Waals surface area contributed by atoms with Crippen molar-refractivity contribution in [2.45, 2.75) is 19.3 Å². The number of rotatable bonds is 6. The molecule has 0 amide bonds. The molecule has 5 nitrogen and oxygen atoms in total. The molecule has 0 atom stereocenters. The van der Waals surface area contributed by atoms with Gasteiger partial charge < -0.3 is 10.5 Å². The molecule has 0 aromatic rings. The van der Waals surface area contributed by atoms with Crippen LogP contribution in [0.4, 0.5) is 0 Å². The van der Waals surface area contributed by atoms with Crippen LogP contribution in [0.3, 0.4) is 0 Å². The van der Waals surface area contributed by atoms with Gasteiger partial charge in [0.05, 0.1) is 5.75 Å². The Labute approximate surface area is 98.0 Å². The fourth-order valence-electron chi connectivity index (χ4n) is 1.94. The quantitative estimate of drug-likeness (QED) is 0.675. The molecule has 0 bridgehead atoms. The van der Waals surface area contributed by atoms with E-state index >= 15 is 0 Å². The molecule has 0 radical (unpaired) electrons. The molecule has 96 valence electrons. The molecular formula is C10H22N2O3S. The smallest absolute Gasteiger partial charge is 0.214 e. The minimum absolute atomic E-state index is 0.189. The molecule has 0 unspecified atom stereocenters. The van der Waals surface area contributed by atoms with Gasteiger partial charge in [-0.3, -0.25) is 0 Å². The molecule has 1 saturated heterocycles. The standard InChI is InChI=1S/C10H22N2O3S/c1-15-7-2-8-16(13,14)12-5-3-10(9-11)4-6-12/h10H,2-9,11H2,1H3. The van der Waals surface area contributed by atoms with Gasteiger partial charge in [0.1, 0.15) is 0 Å². The van der Waals surface area contributed by atoms with Crippen molar-refractivity contribution in [1.29, 1.82) is 0 Å². The molecule has 0 saturated carbocycles. The van der Waals surface area contributed by atoms with Gasteiger partial charge in [-0.05, 0) is 31.7 Å². The van der Waals surface area contributed by atoms with E-state index in [4.69, 9.17) is 10.5 Å². The lowest BCUT2D eigenvalue weighted by atomic mass is 9.99. The van der Waals surface area contributed by atoms with Gasteiger partial charge in [-0.2, -0.15) is 0 Å². The highest BCUT2D eigenvalue weighted by Crippen LogP contribution is 2.18. The third-order valence-corrected chi connectivity index (χ3v) is 5.01. The summed E-state index contributed by atoms with van der Waals surface area (Å²) in [6, 6.07) is 0. The molecule has 2 N–H and O–H groups in total.